The number of nitrogens with one attached hydrogen (secondary N) is 2. The molecule has 2 N–H and O–H groups in total. The largest absolute Gasteiger partial charge is 0.457 e. The quantitative estimate of drug-likeness (QED) is 0.252. The Morgan fingerprint density at radius 3 is 2.49 bits per heavy atom. The number of rotatable bonds is 6. The molecule has 0 atom stereocenters. The first-order chi connectivity index (χ1) is 19.6. The minimum atomic E-state index is -0.678. The number of amides is 2. The summed E-state index contributed by atoms with van der Waals surface area (Å²) >= 11 is 0. The number of hydrogen-bond acceptors (Lipinski definition) is 6. The molecular formula is C30H27FN8O2. The number of urea groups is 1. The molecule has 2 amide bonds. The molecule has 0 saturated heterocycles. The Labute approximate surface area is 236 Å². The summed E-state index contributed by atoms with van der Waals surface area (Å²) < 4.78 is 24.0. The van der Waals surface area contributed by atoms with Gasteiger partial charge in [-0.15, -0.1) is 0 Å². The predicted molar refractivity (Wildman–Crippen MR) is 153 cm³/mol. The number of hydrogen-bond donors (Lipinski definition) is 2. The second-order valence-corrected chi connectivity index (χ2v) is 10.3. The van der Waals surface area contributed by atoms with Gasteiger partial charge in [0.05, 0.1) is 34.4 Å². The minimum Gasteiger partial charge on any atom is -0.457 e. The van der Waals surface area contributed by atoms with Crippen molar-refractivity contribution in [1.82, 2.24) is 24.5 Å². The van der Waals surface area contributed by atoms with Crippen LogP contribution < -0.4 is 15.4 Å². The van der Waals surface area contributed by atoms with Gasteiger partial charge in [0.15, 0.2) is 0 Å². The summed E-state index contributed by atoms with van der Waals surface area (Å²) in [4.78, 5) is 17.2. The lowest BCUT2D eigenvalue weighted by molar-refractivity contribution is 0.262. The number of aromatic nitrogens is 5. The summed E-state index contributed by atoms with van der Waals surface area (Å²) in [7, 11) is 1.81. The molecule has 0 aliphatic rings. The Balaban J connectivity index is 1.32. The van der Waals surface area contributed by atoms with E-state index in [0.29, 0.717) is 34.2 Å². The maximum atomic E-state index is 15.0. The van der Waals surface area contributed by atoms with Crippen LogP contribution in [0.2, 0.25) is 0 Å². The number of halogens is 1. The Bertz CT molecular complexity index is 1780. The fraction of sp³-hybridized carbons (Fsp3) is 0.167. The maximum absolute atomic E-state index is 15.0. The van der Waals surface area contributed by atoms with Gasteiger partial charge in [0.2, 0.25) is 0 Å². The molecule has 5 aromatic rings. The molecule has 11 heteroatoms. The van der Waals surface area contributed by atoms with E-state index < -0.39 is 11.8 Å². The van der Waals surface area contributed by atoms with Gasteiger partial charge in [0.1, 0.15) is 28.8 Å². The number of nitriles is 1. The third-order valence-corrected chi connectivity index (χ3v) is 6.07. The van der Waals surface area contributed by atoms with Gasteiger partial charge in [0, 0.05) is 43.1 Å². The Hall–Kier alpha value is -5.50. The Kier molecular flexibility index (Phi) is 7.22. The maximum Gasteiger partial charge on any atom is 0.324 e. The van der Waals surface area contributed by atoms with Gasteiger partial charge in [-0.25, -0.2) is 13.9 Å². The smallest absolute Gasteiger partial charge is 0.324 e. The SMILES string of the molecule is Cn1ccc(-c2cc(Oc3ccc(NC(=O)Nc4cc(C(C)(C)C)nn4-c4cccc(C#N)c4)c(F)c3)ccn2)n1. The number of anilines is 2. The van der Waals surface area contributed by atoms with Crippen LogP contribution in [0.5, 0.6) is 11.5 Å². The average molecular weight is 551 g/mol. The van der Waals surface area contributed by atoms with E-state index in [9.17, 15) is 14.4 Å². The fourth-order valence-electron chi connectivity index (χ4n) is 3.97. The molecule has 0 aliphatic carbocycles. The Morgan fingerprint density at radius 2 is 1.78 bits per heavy atom. The predicted octanol–water partition coefficient (Wildman–Crippen LogP) is 6.41. The zero-order valence-electron chi connectivity index (χ0n) is 22.9. The van der Waals surface area contributed by atoms with Crippen molar-refractivity contribution < 1.29 is 13.9 Å². The molecule has 0 unspecified atom stereocenters. The summed E-state index contributed by atoms with van der Waals surface area (Å²) in [6, 6.07) is 19.4. The van der Waals surface area contributed by atoms with E-state index in [1.165, 1.54) is 12.1 Å². The molecule has 0 saturated carbocycles. The van der Waals surface area contributed by atoms with Crippen molar-refractivity contribution in [3.05, 3.63) is 96.2 Å². The zero-order valence-corrected chi connectivity index (χ0v) is 22.9. The molecule has 3 heterocycles. The number of nitrogens with zero attached hydrogens (tertiary/aromatic N) is 6. The van der Waals surface area contributed by atoms with Gasteiger partial charge in [0.25, 0.3) is 0 Å². The van der Waals surface area contributed by atoms with Crippen molar-refractivity contribution in [1.29, 1.82) is 5.26 Å². The van der Waals surface area contributed by atoms with Crippen LogP contribution in [0, 0.1) is 17.1 Å². The summed E-state index contributed by atoms with van der Waals surface area (Å²) in [6.07, 6.45) is 3.40. The first kappa shape index (κ1) is 27.1. The number of pyridine rings is 1. The van der Waals surface area contributed by atoms with Crippen LogP contribution in [0.3, 0.4) is 0 Å². The van der Waals surface area contributed by atoms with Crippen LogP contribution in [0.15, 0.2) is 79.1 Å². The molecule has 41 heavy (non-hydrogen) atoms. The summed E-state index contributed by atoms with van der Waals surface area (Å²) in [5.41, 5.74) is 2.74. The molecule has 3 aromatic heterocycles. The molecule has 10 nitrogen and oxygen atoms in total. The van der Waals surface area contributed by atoms with Crippen molar-refractivity contribution in [2.24, 2.45) is 7.05 Å². The highest BCUT2D eigenvalue weighted by molar-refractivity contribution is 5.99. The van der Waals surface area contributed by atoms with E-state index in [4.69, 9.17) is 4.74 Å². The van der Waals surface area contributed by atoms with Gasteiger partial charge in [-0.3, -0.25) is 15.0 Å². The lowest BCUT2D eigenvalue weighted by Gasteiger charge is -2.14. The van der Waals surface area contributed by atoms with Crippen molar-refractivity contribution in [3.8, 4) is 34.6 Å². The van der Waals surface area contributed by atoms with Crippen LogP contribution in [0.25, 0.3) is 17.1 Å². The van der Waals surface area contributed by atoms with Crippen molar-refractivity contribution in [2.45, 2.75) is 26.2 Å². The summed E-state index contributed by atoms with van der Waals surface area (Å²) in [6.45, 7) is 6.00. The van der Waals surface area contributed by atoms with E-state index in [1.54, 1.807) is 64.1 Å². The first-order valence-corrected chi connectivity index (χ1v) is 12.7. The molecule has 206 valence electrons. The molecule has 5 rings (SSSR count). The number of carbonyl (C=O) groups is 1. The van der Waals surface area contributed by atoms with Crippen LogP contribution >= 0.6 is 0 Å². The summed E-state index contributed by atoms with van der Waals surface area (Å²) in [5, 5.41) is 23.6. The molecular weight excluding hydrogens is 523 g/mol. The number of benzene rings is 2. The molecule has 0 bridgehead atoms. The van der Waals surface area contributed by atoms with Gasteiger partial charge in [-0.05, 0) is 42.5 Å². The highest BCUT2D eigenvalue weighted by atomic mass is 19.1. The number of aryl methyl sites for hydroxylation is 1. The second-order valence-electron chi connectivity index (χ2n) is 10.3. The molecule has 0 radical (unpaired) electrons. The fourth-order valence-corrected chi connectivity index (χ4v) is 3.97. The van der Waals surface area contributed by atoms with Crippen molar-refractivity contribution in [3.63, 3.8) is 0 Å². The van der Waals surface area contributed by atoms with Crippen LogP contribution in [0.1, 0.15) is 32.0 Å². The van der Waals surface area contributed by atoms with E-state index in [0.717, 1.165) is 5.69 Å². The topological polar surface area (TPSA) is 123 Å². The van der Waals surface area contributed by atoms with Gasteiger partial charge in [-0.1, -0.05) is 26.8 Å². The minimum absolute atomic E-state index is 0.0349. The third kappa shape index (κ3) is 6.23. The van der Waals surface area contributed by atoms with Gasteiger partial charge >= 0.3 is 6.03 Å². The standard InChI is InChI=1S/C30H27FN8O2/c1-30(2,3)27-17-28(39(37-27)20-7-5-6-19(14-20)18-32)35-29(40)34-24-9-8-21(15-23(24)31)41-22-10-12-33-26(16-22)25-11-13-38(4)36-25/h5-17H,1-4H3,(H2,34,35,40). The number of carbonyl (C=O) groups excluding carboxylic acids is 1. The van der Waals surface area contributed by atoms with Gasteiger partial charge < -0.3 is 10.1 Å². The lowest BCUT2D eigenvalue weighted by Crippen LogP contribution is -2.22. The zero-order chi connectivity index (χ0) is 29.1. The molecule has 2 aromatic carbocycles. The van der Waals surface area contributed by atoms with E-state index in [2.05, 4.69) is 31.9 Å². The van der Waals surface area contributed by atoms with E-state index >= 15 is 0 Å². The molecule has 0 fully saturated rings. The van der Waals surface area contributed by atoms with Crippen LogP contribution in [-0.4, -0.2) is 30.6 Å². The normalized spacial score (nSPS) is 11.1. The molecule has 0 spiro atoms. The Morgan fingerprint density at radius 1 is 0.976 bits per heavy atom. The van der Waals surface area contributed by atoms with Crippen LogP contribution in [0.4, 0.5) is 20.7 Å². The van der Waals surface area contributed by atoms with E-state index in [-0.39, 0.29) is 16.9 Å². The van der Waals surface area contributed by atoms with Gasteiger partial charge in [-0.2, -0.15) is 15.5 Å². The highest BCUT2D eigenvalue weighted by Gasteiger charge is 2.22. The van der Waals surface area contributed by atoms with Crippen molar-refractivity contribution >= 4 is 17.5 Å². The molecule has 0 aliphatic heterocycles. The summed E-state index contributed by atoms with van der Waals surface area (Å²) in [5.74, 6) is 0.394. The van der Waals surface area contributed by atoms with Crippen LogP contribution in [-0.2, 0) is 12.5 Å². The second kappa shape index (κ2) is 10.9. The number of ether oxygens (including phenoxy) is 1. The van der Waals surface area contributed by atoms with E-state index in [1.807, 2.05) is 40.1 Å². The third-order valence-electron chi connectivity index (χ3n) is 6.07. The monoisotopic (exact) mass is 550 g/mol. The average Bonchev–Trinajstić information content (AvgIpc) is 3.57. The van der Waals surface area contributed by atoms with Crippen molar-refractivity contribution in [2.75, 3.05) is 10.6 Å². The first-order valence-electron chi connectivity index (χ1n) is 12.7. The lowest BCUT2D eigenvalue weighted by atomic mass is 9.92. The highest BCUT2D eigenvalue weighted by Crippen LogP contribution is 2.29.